The fraction of sp³-hybridized carbons (Fsp3) is 0.393. The molecule has 1 saturated carbocycles. The first kappa shape index (κ1) is 25.8. The van der Waals surface area contributed by atoms with Crippen LogP contribution in [0.15, 0.2) is 60.8 Å². The Labute approximate surface area is 220 Å². The van der Waals surface area contributed by atoms with Crippen molar-refractivity contribution in [2.24, 2.45) is 5.92 Å². The summed E-state index contributed by atoms with van der Waals surface area (Å²) in [5, 5.41) is 27.3. The zero-order valence-corrected chi connectivity index (χ0v) is 22.4. The first-order valence-electron chi connectivity index (χ1n) is 12.6. The quantitative estimate of drug-likeness (QED) is 0.249. The summed E-state index contributed by atoms with van der Waals surface area (Å²) < 4.78 is 17.2. The summed E-state index contributed by atoms with van der Waals surface area (Å²) in [5.41, 5.74) is 2.16. The molecule has 3 N–H and O–H groups in total. The number of hydrogen-bond donors (Lipinski definition) is 3. The molecule has 4 aromatic rings. The van der Waals surface area contributed by atoms with Crippen molar-refractivity contribution in [3.63, 3.8) is 0 Å². The Morgan fingerprint density at radius 1 is 1.08 bits per heavy atom. The second-order valence-electron chi connectivity index (χ2n) is 10.7. The van der Waals surface area contributed by atoms with Crippen LogP contribution in [0.4, 0.5) is 0 Å². The number of fused-ring (bicyclic) bond motifs is 1. The van der Waals surface area contributed by atoms with Crippen LogP contribution in [0.1, 0.15) is 51.9 Å². The average molecular weight is 520 g/mol. The Morgan fingerprint density at radius 3 is 2.54 bits per heavy atom. The van der Waals surface area contributed by atoms with Crippen molar-refractivity contribution in [2.75, 3.05) is 0 Å². The fourth-order valence-electron chi connectivity index (χ4n) is 4.52. The molecule has 0 amide bonds. The van der Waals surface area contributed by atoms with Crippen LogP contribution in [0.2, 0.25) is 0 Å². The van der Waals surface area contributed by atoms with Gasteiger partial charge in [0.25, 0.3) is 0 Å². The smallest absolute Gasteiger partial charge is 0.203 e. The van der Waals surface area contributed by atoms with Crippen molar-refractivity contribution >= 4 is 22.3 Å². The minimum absolute atomic E-state index is 0.308. The third-order valence-corrected chi connectivity index (χ3v) is 8.50. The number of aliphatic hydroxyl groups excluding tert-OH is 1. The average Bonchev–Trinajstić information content (AvgIpc) is 3.29. The number of nitrogens with one attached hydrogen (secondary N) is 1. The van der Waals surface area contributed by atoms with Crippen molar-refractivity contribution in [3.05, 3.63) is 72.2 Å². The molecule has 5 rings (SSSR count). The topological polar surface area (TPSA) is 119 Å². The highest BCUT2D eigenvalue weighted by atomic mass is 32.2. The maximum absolute atomic E-state index is 13.0. The van der Waals surface area contributed by atoms with Crippen LogP contribution in [0.25, 0.3) is 28.0 Å². The lowest BCUT2D eigenvalue weighted by Crippen LogP contribution is -2.59. The highest BCUT2D eigenvalue weighted by Crippen LogP contribution is 2.42. The fourth-order valence-corrected chi connectivity index (χ4v) is 5.38. The molecule has 9 heteroatoms. The number of benzene rings is 1. The van der Waals surface area contributed by atoms with E-state index in [2.05, 4.69) is 16.7 Å². The molecular formula is C28H33N5O3S. The van der Waals surface area contributed by atoms with Gasteiger partial charge in [-0.15, -0.1) is 4.72 Å². The first-order valence-corrected chi connectivity index (χ1v) is 13.8. The standard InChI is InChI=1S/C28H33N5O3S/c1-5-21-8-6-11-26(30-21)33-24-14-18(12-13-19(24)17-29-33)23-9-7-10-25(31-23)28(35,20-15-22(34)16-20)32-37(36)27(2,3)4/h6-14,17,20,22,32,34-35H,5,15-16H2,1-4H3/t20?,22?,28-,37+/m0/s1. The summed E-state index contributed by atoms with van der Waals surface area (Å²) in [6.07, 6.45) is 2.99. The lowest BCUT2D eigenvalue weighted by atomic mass is 9.74. The number of aryl methyl sites for hydroxylation is 1. The van der Waals surface area contributed by atoms with Gasteiger partial charge in [-0.3, -0.25) is 0 Å². The van der Waals surface area contributed by atoms with Crippen LogP contribution in [0.5, 0.6) is 0 Å². The van der Waals surface area contributed by atoms with E-state index in [1.54, 1.807) is 6.07 Å². The number of aromatic nitrogens is 4. The van der Waals surface area contributed by atoms with Gasteiger partial charge < -0.3 is 14.8 Å². The van der Waals surface area contributed by atoms with Crippen molar-refractivity contribution in [1.82, 2.24) is 24.5 Å². The molecule has 1 aliphatic carbocycles. The van der Waals surface area contributed by atoms with Crippen LogP contribution in [0.3, 0.4) is 0 Å². The van der Waals surface area contributed by atoms with Gasteiger partial charge in [0.05, 0.1) is 29.2 Å². The van der Waals surface area contributed by atoms with E-state index in [0.717, 1.165) is 34.4 Å². The van der Waals surface area contributed by atoms with E-state index in [-0.39, 0.29) is 5.92 Å². The summed E-state index contributed by atoms with van der Waals surface area (Å²) in [6, 6.07) is 17.4. The maximum Gasteiger partial charge on any atom is 0.203 e. The summed E-state index contributed by atoms with van der Waals surface area (Å²) in [5.74, 6) is 0.442. The largest absolute Gasteiger partial charge is 0.598 e. The van der Waals surface area contributed by atoms with E-state index in [0.29, 0.717) is 24.2 Å². The van der Waals surface area contributed by atoms with Gasteiger partial charge in [0.2, 0.25) is 5.72 Å². The van der Waals surface area contributed by atoms with Crippen molar-refractivity contribution in [2.45, 2.75) is 63.5 Å². The summed E-state index contributed by atoms with van der Waals surface area (Å²) in [4.78, 5) is 9.54. The van der Waals surface area contributed by atoms with Crippen LogP contribution < -0.4 is 4.72 Å². The molecule has 0 saturated heterocycles. The van der Waals surface area contributed by atoms with Crippen LogP contribution in [0, 0.1) is 5.92 Å². The van der Waals surface area contributed by atoms with Gasteiger partial charge in [0.15, 0.2) is 5.82 Å². The Morgan fingerprint density at radius 2 is 1.84 bits per heavy atom. The molecule has 0 bridgehead atoms. The molecule has 0 aliphatic heterocycles. The summed E-state index contributed by atoms with van der Waals surface area (Å²) in [6.45, 7) is 7.61. The van der Waals surface area contributed by atoms with Gasteiger partial charge in [-0.05, 0) is 70.4 Å². The molecule has 0 unspecified atom stereocenters. The molecule has 0 radical (unpaired) electrons. The minimum atomic E-state index is -1.64. The Balaban J connectivity index is 1.54. The van der Waals surface area contributed by atoms with Gasteiger partial charge in [0.1, 0.15) is 4.75 Å². The number of aliphatic hydroxyl groups is 2. The predicted octanol–water partition coefficient (Wildman–Crippen LogP) is 4.01. The molecule has 8 nitrogen and oxygen atoms in total. The third-order valence-electron chi connectivity index (χ3n) is 6.89. The molecule has 1 fully saturated rings. The van der Waals surface area contributed by atoms with Crippen molar-refractivity contribution < 1.29 is 14.8 Å². The molecule has 1 aromatic carbocycles. The zero-order valence-electron chi connectivity index (χ0n) is 21.5. The predicted molar refractivity (Wildman–Crippen MR) is 145 cm³/mol. The second-order valence-corrected chi connectivity index (χ2v) is 12.6. The van der Waals surface area contributed by atoms with E-state index in [1.807, 2.05) is 80.2 Å². The minimum Gasteiger partial charge on any atom is -0.598 e. The van der Waals surface area contributed by atoms with Gasteiger partial charge in [-0.1, -0.05) is 31.2 Å². The lowest BCUT2D eigenvalue weighted by molar-refractivity contribution is -0.113. The molecule has 194 valence electrons. The van der Waals surface area contributed by atoms with Crippen molar-refractivity contribution in [1.29, 1.82) is 0 Å². The molecule has 3 heterocycles. The molecule has 2 atom stereocenters. The van der Waals surface area contributed by atoms with E-state index >= 15 is 0 Å². The SMILES string of the molecule is CCc1cccc(-n2ncc3ccc(-c4cccc([C@](O)(N[S@+]([O-])C(C)(C)C)C5CC(O)C5)n4)cc32)n1. The summed E-state index contributed by atoms with van der Waals surface area (Å²) in [7, 11) is 0. The number of hydrogen-bond acceptors (Lipinski definition) is 7. The monoisotopic (exact) mass is 519 g/mol. The van der Waals surface area contributed by atoms with Gasteiger partial charge >= 0.3 is 0 Å². The third kappa shape index (κ3) is 5.02. The van der Waals surface area contributed by atoms with E-state index < -0.39 is 27.9 Å². The van der Waals surface area contributed by atoms with Crippen LogP contribution in [-0.2, 0) is 23.5 Å². The maximum atomic E-state index is 13.0. The second kappa shape index (κ2) is 9.81. The summed E-state index contributed by atoms with van der Waals surface area (Å²) >= 11 is -1.54. The van der Waals surface area contributed by atoms with E-state index in [4.69, 9.17) is 9.97 Å². The Hall–Kier alpha value is -2.82. The Bertz CT molecular complexity index is 1410. The van der Waals surface area contributed by atoms with Crippen molar-refractivity contribution in [3.8, 4) is 17.1 Å². The molecule has 3 aromatic heterocycles. The highest BCUT2D eigenvalue weighted by Gasteiger charge is 2.51. The molecular weight excluding hydrogens is 486 g/mol. The van der Waals surface area contributed by atoms with E-state index in [9.17, 15) is 14.8 Å². The highest BCUT2D eigenvalue weighted by molar-refractivity contribution is 7.90. The van der Waals surface area contributed by atoms with Gasteiger partial charge in [-0.25, -0.2) is 14.6 Å². The van der Waals surface area contributed by atoms with E-state index in [1.165, 1.54) is 0 Å². The van der Waals surface area contributed by atoms with Gasteiger partial charge in [-0.2, -0.15) is 5.10 Å². The molecule has 0 spiro atoms. The Kier molecular flexibility index (Phi) is 6.84. The zero-order chi connectivity index (χ0) is 26.4. The number of rotatable bonds is 7. The molecule has 1 aliphatic rings. The van der Waals surface area contributed by atoms with Crippen LogP contribution >= 0.6 is 0 Å². The molecule has 37 heavy (non-hydrogen) atoms. The number of pyridine rings is 2. The normalized spacial score (nSPS) is 20.4. The lowest BCUT2D eigenvalue weighted by Gasteiger charge is -2.44. The number of nitrogens with zero attached hydrogens (tertiary/aromatic N) is 4. The van der Waals surface area contributed by atoms with Gasteiger partial charge in [0, 0.05) is 33.9 Å². The van der Waals surface area contributed by atoms with Crippen LogP contribution in [-0.4, -0.2) is 45.4 Å². The first-order chi connectivity index (χ1) is 17.6.